The summed E-state index contributed by atoms with van der Waals surface area (Å²) in [5.41, 5.74) is 0. The molecular formula is C7H13NOS. The van der Waals surface area contributed by atoms with E-state index in [-0.39, 0.29) is 0 Å². The summed E-state index contributed by atoms with van der Waals surface area (Å²) in [5.74, 6) is 1.50. The number of thioether (sulfide) groups is 1. The normalized spacial score (nSPS) is 26.9. The fraction of sp³-hybridized carbons (Fsp3) is 0.857. The molecule has 1 heterocycles. The van der Waals surface area contributed by atoms with E-state index < -0.39 is 0 Å². The van der Waals surface area contributed by atoms with Gasteiger partial charge in [0.05, 0.1) is 5.37 Å². The Balaban J connectivity index is 2.25. The summed E-state index contributed by atoms with van der Waals surface area (Å²) in [7, 11) is 0. The van der Waals surface area contributed by atoms with Crippen molar-refractivity contribution in [2.24, 2.45) is 0 Å². The van der Waals surface area contributed by atoms with E-state index in [2.05, 4.69) is 12.2 Å². The number of carbonyl (C=O) groups is 1. The molecule has 0 bridgehead atoms. The predicted octanol–water partition coefficient (Wildman–Crippen LogP) is 1.02. The van der Waals surface area contributed by atoms with Crippen LogP contribution in [0.2, 0.25) is 0 Å². The summed E-state index contributed by atoms with van der Waals surface area (Å²) in [6, 6.07) is 0. The minimum atomic E-state index is 0.395. The summed E-state index contributed by atoms with van der Waals surface area (Å²) in [6.07, 6.45) is 1.44. The molecule has 1 unspecified atom stereocenters. The molecule has 0 saturated carbocycles. The first-order valence-corrected chi connectivity index (χ1v) is 4.74. The first-order chi connectivity index (χ1) is 4.83. The van der Waals surface area contributed by atoms with Crippen LogP contribution in [-0.4, -0.2) is 23.5 Å². The van der Waals surface area contributed by atoms with Crippen LogP contribution in [0.4, 0.5) is 0 Å². The molecule has 1 aliphatic rings. The quantitative estimate of drug-likeness (QED) is 0.652. The Bertz CT molecular complexity index is 125. The molecule has 1 atom stereocenters. The largest absolute Gasteiger partial charge is 0.305 e. The van der Waals surface area contributed by atoms with Gasteiger partial charge in [0, 0.05) is 19.4 Å². The Morgan fingerprint density at radius 1 is 1.80 bits per heavy atom. The fourth-order valence-corrected chi connectivity index (χ4v) is 2.01. The highest BCUT2D eigenvalue weighted by Gasteiger charge is 2.17. The van der Waals surface area contributed by atoms with E-state index in [1.54, 1.807) is 0 Å². The van der Waals surface area contributed by atoms with Crippen molar-refractivity contribution in [1.29, 1.82) is 0 Å². The smallest absolute Gasteiger partial charge is 0.136 e. The van der Waals surface area contributed by atoms with Gasteiger partial charge in [-0.2, -0.15) is 0 Å². The third kappa shape index (κ3) is 2.31. The van der Waals surface area contributed by atoms with Crippen molar-refractivity contribution in [2.45, 2.75) is 25.1 Å². The molecule has 0 aromatic heterocycles. The molecular weight excluding hydrogens is 146 g/mol. The van der Waals surface area contributed by atoms with Gasteiger partial charge >= 0.3 is 0 Å². The number of hydrogen-bond donors (Lipinski definition) is 1. The second-order valence-corrected chi connectivity index (χ2v) is 3.87. The van der Waals surface area contributed by atoms with Crippen LogP contribution in [-0.2, 0) is 4.79 Å². The van der Waals surface area contributed by atoms with Crippen LogP contribution in [0.5, 0.6) is 0 Å². The lowest BCUT2D eigenvalue weighted by atomic mass is 10.1. The van der Waals surface area contributed by atoms with Gasteiger partial charge in [-0.25, -0.2) is 0 Å². The Morgan fingerprint density at radius 3 is 3.20 bits per heavy atom. The average molecular weight is 159 g/mol. The molecule has 1 fully saturated rings. The highest BCUT2D eigenvalue weighted by Crippen LogP contribution is 2.15. The number of ketones is 1. The zero-order chi connectivity index (χ0) is 7.40. The minimum absolute atomic E-state index is 0.395. The van der Waals surface area contributed by atoms with Crippen LogP contribution in [0, 0.1) is 0 Å². The second-order valence-electron chi connectivity index (χ2n) is 2.39. The summed E-state index contributed by atoms with van der Waals surface area (Å²) < 4.78 is 0. The van der Waals surface area contributed by atoms with Crippen molar-refractivity contribution in [1.82, 2.24) is 5.32 Å². The highest BCUT2D eigenvalue weighted by molar-refractivity contribution is 7.99. The summed E-state index contributed by atoms with van der Waals surface area (Å²) >= 11 is 1.82. The zero-order valence-electron chi connectivity index (χ0n) is 6.22. The molecule has 2 nitrogen and oxygen atoms in total. The molecule has 0 aliphatic carbocycles. The number of carbonyl (C=O) groups excluding carboxylic acids is 1. The van der Waals surface area contributed by atoms with Crippen molar-refractivity contribution in [3.05, 3.63) is 0 Å². The lowest BCUT2D eigenvalue weighted by molar-refractivity contribution is -0.120. The van der Waals surface area contributed by atoms with E-state index in [4.69, 9.17) is 0 Å². The summed E-state index contributed by atoms with van der Waals surface area (Å²) in [6.45, 7) is 2.99. The maximum absolute atomic E-state index is 10.9. The fourth-order valence-electron chi connectivity index (χ4n) is 1.07. The molecule has 0 amide bonds. The minimum Gasteiger partial charge on any atom is -0.305 e. The van der Waals surface area contributed by atoms with Gasteiger partial charge in [0.15, 0.2) is 0 Å². The maximum atomic E-state index is 10.9. The molecule has 0 radical (unpaired) electrons. The van der Waals surface area contributed by atoms with Crippen molar-refractivity contribution in [3.63, 3.8) is 0 Å². The van der Waals surface area contributed by atoms with E-state index in [0.717, 1.165) is 25.1 Å². The Labute approximate surface area is 65.8 Å². The van der Waals surface area contributed by atoms with Gasteiger partial charge in [0.25, 0.3) is 0 Å². The number of piperidine rings is 1. The summed E-state index contributed by atoms with van der Waals surface area (Å²) in [5, 5.41) is 3.69. The number of nitrogens with one attached hydrogen (secondary N) is 1. The van der Waals surface area contributed by atoms with Crippen molar-refractivity contribution >= 4 is 17.5 Å². The SMILES string of the molecule is CCSC1CC(=O)CCN1. The van der Waals surface area contributed by atoms with Gasteiger partial charge in [0.1, 0.15) is 5.78 Å². The maximum Gasteiger partial charge on any atom is 0.136 e. The number of hydrogen-bond acceptors (Lipinski definition) is 3. The van der Waals surface area contributed by atoms with Gasteiger partial charge in [-0.1, -0.05) is 6.92 Å². The molecule has 1 rings (SSSR count). The van der Waals surface area contributed by atoms with Crippen molar-refractivity contribution < 1.29 is 4.79 Å². The van der Waals surface area contributed by atoms with Crippen LogP contribution < -0.4 is 5.32 Å². The first kappa shape index (κ1) is 8.08. The Morgan fingerprint density at radius 2 is 2.60 bits per heavy atom. The third-order valence-electron chi connectivity index (χ3n) is 1.56. The molecule has 0 aromatic carbocycles. The van der Waals surface area contributed by atoms with E-state index in [1.807, 2.05) is 11.8 Å². The predicted molar refractivity (Wildman–Crippen MR) is 44.2 cm³/mol. The molecule has 0 aromatic rings. The van der Waals surface area contributed by atoms with Crippen LogP contribution in [0.15, 0.2) is 0 Å². The molecule has 10 heavy (non-hydrogen) atoms. The van der Waals surface area contributed by atoms with Crippen molar-refractivity contribution in [2.75, 3.05) is 12.3 Å². The zero-order valence-corrected chi connectivity index (χ0v) is 7.04. The van der Waals surface area contributed by atoms with Crippen molar-refractivity contribution in [3.8, 4) is 0 Å². The van der Waals surface area contributed by atoms with Crippen LogP contribution in [0.3, 0.4) is 0 Å². The van der Waals surface area contributed by atoms with Gasteiger partial charge in [0.2, 0.25) is 0 Å². The Kier molecular flexibility index (Phi) is 3.22. The Hall–Kier alpha value is -0.0200. The summed E-state index contributed by atoms with van der Waals surface area (Å²) in [4.78, 5) is 10.9. The standard InChI is InChI=1S/C7H13NOS/c1-2-10-7-5-6(9)3-4-8-7/h7-8H,2-5H2,1H3. The topological polar surface area (TPSA) is 29.1 Å². The van der Waals surface area contributed by atoms with E-state index >= 15 is 0 Å². The molecule has 3 heteroatoms. The monoisotopic (exact) mass is 159 g/mol. The lowest BCUT2D eigenvalue weighted by Crippen LogP contribution is -2.36. The third-order valence-corrected chi connectivity index (χ3v) is 2.63. The number of rotatable bonds is 2. The van der Waals surface area contributed by atoms with Gasteiger partial charge < -0.3 is 5.32 Å². The molecule has 1 aliphatic heterocycles. The van der Waals surface area contributed by atoms with Gasteiger partial charge in [-0.15, -0.1) is 11.8 Å². The molecule has 1 saturated heterocycles. The second kappa shape index (κ2) is 3.98. The van der Waals surface area contributed by atoms with E-state index in [0.29, 0.717) is 11.2 Å². The van der Waals surface area contributed by atoms with E-state index in [9.17, 15) is 4.79 Å². The van der Waals surface area contributed by atoms with Crippen LogP contribution in [0.25, 0.3) is 0 Å². The number of Topliss-reactive ketones (excluding diaryl/α,β-unsaturated/α-hetero) is 1. The van der Waals surface area contributed by atoms with E-state index in [1.165, 1.54) is 0 Å². The molecule has 0 spiro atoms. The highest BCUT2D eigenvalue weighted by atomic mass is 32.2. The van der Waals surface area contributed by atoms with Gasteiger partial charge in [-0.05, 0) is 5.75 Å². The average Bonchev–Trinajstić information content (AvgIpc) is 1.88. The van der Waals surface area contributed by atoms with Crippen LogP contribution in [0.1, 0.15) is 19.8 Å². The van der Waals surface area contributed by atoms with Gasteiger partial charge in [-0.3, -0.25) is 4.79 Å². The first-order valence-electron chi connectivity index (χ1n) is 3.69. The van der Waals surface area contributed by atoms with Crippen LogP contribution >= 0.6 is 11.8 Å². The lowest BCUT2D eigenvalue weighted by Gasteiger charge is -2.21. The molecule has 58 valence electrons. The molecule has 1 N–H and O–H groups in total.